The summed E-state index contributed by atoms with van der Waals surface area (Å²) in [5, 5.41) is 60.1. The Kier molecular flexibility index (Phi) is 36.9. The van der Waals surface area contributed by atoms with E-state index in [4.69, 9.17) is 18.5 Å². The number of carbonyl (C=O) groups is 2. The molecule has 14 nitrogen and oxygen atoms in total. The van der Waals surface area contributed by atoms with Crippen LogP contribution in [0.15, 0.2) is 85.1 Å². The first-order valence-corrected chi connectivity index (χ1v) is 26.0. The fourth-order valence-electron chi connectivity index (χ4n) is 6.86. The molecule has 15 heteroatoms. The van der Waals surface area contributed by atoms with E-state index in [0.29, 0.717) is 25.7 Å². The second-order valence-corrected chi connectivity index (χ2v) is 18.2. The third kappa shape index (κ3) is 31.9. The second-order valence-electron chi connectivity index (χ2n) is 16.8. The van der Waals surface area contributed by atoms with Crippen LogP contribution in [0, 0.1) is 0 Å². The van der Waals surface area contributed by atoms with Gasteiger partial charge in [0.2, 0.25) is 0 Å². The van der Waals surface area contributed by atoms with Crippen LogP contribution in [-0.2, 0) is 32.7 Å². The molecule has 1 rings (SSSR count). The second kappa shape index (κ2) is 39.9. The van der Waals surface area contributed by atoms with Gasteiger partial charge >= 0.3 is 19.8 Å². The predicted molar refractivity (Wildman–Crippen MR) is 259 cm³/mol. The number of esters is 2. The standard InChI is InChI=1S/C51H85O14P/c1-3-5-7-8-9-10-11-12-13-14-15-18-21-24-27-30-34-38-44(53)62-40-43(41-63-66(60,61)65-51-49(58)47(56)46(55)48(57)50(51)59)64-45(54)39-35-31-28-25-22-19-16-17-20-23-26-29-33-37-42(52)36-32-6-4-2/h6,12-13,17,19-20,22,26,28-29,31-33,37,42-43,46-52,55-59H,3-5,7-11,14-16,18,21,23-25,27,30,34-36,38-41H2,1-2H3,(H,60,61)/b13-12-,20-17-,22-19-,29-26+,31-28-,32-6-,37-33+/t42?,43-,46?,47-,48+,49-,50-,51?/m1/s1. The van der Waals surface area contributed by atoms with Crippen molar-refractivity contribution in [1.82, 2.24) is 0 Å². The molecule has 0 radical (unpaired) electrons. The molecule has 0 heterocycles. The molecule has 0 bridgehead atoms. The zero-order valence-electron chi connectivity index (χ0n) is 39.8. The molecule has 1 aliphatic rings. The number of hydrogen-bond donors (Lipinski definition) is 7. The zero-order valence-corrected chi connectivity index (χ0v) is 40.7. The van der Waals surface area contributed by atoms with Crippen LogP contribution in [0.2, 0.25) is 0 Å². The van der Waals surface area contributed by atoms with Crippen molar-refractivity contribution in [2.75, 3.05) is 13.2 Å². The molecule has 0 spiro atoms. The van der Waals surface area contributed by atoms with Crippen molar-refractivity contribution in [1.29, 1.82) is 0 Å². The topological polar surface area (TPSA) is 230 Å². The van der Waals surface area contributed by atoms with Gasteiger partial charge in [0, 0.05) is 12.8 Å². The molecular weight excluding hydrogens is 868 g/mol. The van der Waals surface area contributed by atoms with Crippen LogP contribution >= 0.6 is 7.82 Å². The third-order valence-corrected chi connectivity index (χ3v) is 11.8. The number of allylic oxidation sites excluding steroid dienone is 12. The fraction of sp³-hybridized carbons (Fsp3) is 0.686. The van der Waals surface area contributed by atoms with Gasteiger partial charge in [-0.05, 0) is 70.6 Å². The monoisotopic (exact) mass is 953 g/mol. The van der Waals surface area contributed by atoms with Gasteiger partial charge in [-0.3, -0.25) is 18.6 Å². The summed E-state index contributed by atoms with van der Waals surface area (Å²) < 4.78 is 33.5. The maximum Gasteiger partial charge on any atom is 0.472 e. The Hall–Kier alpha value is -3.01. The van der Waals surface area contributed by atoms with Crippen molar-refractivity contribution in [2.45, 2.75) is 210 Å². The van der Waals surface area contributed by atoms with Gasteiger partial charge in [-0.2, -0.15) is 0 Å². The van der Waals surface area contributed by atoms with Crippen LogP contribution in [0.4, 0.5) is 0 Å². The van der Waals surface area contributed by atoms with Crippen molar-refractivity contribution in [3.8, 4) is 0 Å². The van der Waals surface area contributed by atoms with Crippen LogP contribution < -0.4 is 0 Å². The highest BCUT2D eigenvalue weighted by atomic mass is 31.2. The van der Waals surface area contributed by atoms with Gasteiger partial charge in [-0.15, -0.1) is 0 Å². The number of aliphatic hydroxyl groups excluding tert-OH is 6. The smallest absolute Gasteiger partial charge is 0.462 e. The summed E-state index contributed by atoms with van der Waals surface area (Å²) in [6.07, 6.45) is 35.4. The zero-order chi connectivity index (χ0) is 48.7. The molecule has 0 aromatic heterocycles. The molecule has 0 aromatic rings. The van der Waals surface area contributed by atoms with Gasteiger partial charge in [-0.25, -0.2) is 4.57 Å². The lowest BCUT2D eigenvalue weighted by atomic mass is 9.85. The fourth-order valence-corrected chi connectivity index (χ4v) is 7.83. The summed E-state index contributed by atoms with van der Waals surface area (Å²) in [5.74, 6) is -1.23. The van der Waals surface area contributed by atoms with Gasteiger partial charge < -0.3 is 45.0 Å². The van der Waals surface area contributed by atoms with Gasteiger partial charge in [-0.1, -0.05) is 163 Å². The Bertz CT molecular complexity index is 1490. The minimum absolute atomic E-state index is 0.0488. The van der Waals surface area contributed by atoms with Crippen LogP contribution in [0.5, 0.6) is 0 Å². The van der Waals surface area contributed by atoms with Crippen molar-refractivity contribution < 1.29 is 68.2 Å². The molecule has 1 fully saturated rings. The highest BCUT2D eigenvalue weighted by Crippen LogP contribution is 2.47. The molecular formula is C51H85O14P. The molecule has 4 unspecified atom stereocenters. The minimum Gasteiger partial charge on any atom is -0.462 e. The predicted octanol–water partition coefficient (Wildman–Crippen LogP) is 9.03. The van der Waals surface area contributed by atoms with Gasteiger partial charge in [0.15, 0.2) is 6.10 Å². The third-order valence-electron chi connectivity index (χ3n) is 10.8. The maximum absolute atomic E-state index is 12.8. The summed E-state index contributed by atoms with van der Waals surface area (Å²) in [6.45, 7) is 3.02. The van der Waals surface area contributed by atoms with E-state index in [2.05, 4.69) is 38.2 Å². The molecule has 0 saturated heterocycles. The molecule has 0 aliphatic heterocycles. The molecule has 1 saturated carbocycles. The van der Waals surface area contributed by atoms with Crippen LogP contribution in [0.3, 0.4) is 0 Å². The number of phosphoric ester groups is 1. The molecule has 0 amide bonds. The number of unbranched alkanes of at least 4 members (excludes halogenated alkanes) is 13. The average molecular weight is 953 g/mol. The summed E-state index contributed by atoms with van der Waals surface area (Å²) in [6, 6.07) is 0. The number of phosphoric acid groups is 1. The van der Waals surface area contributed by atoms with Crippen LogP contribution in [0.1, 0.15) is 162 Å². The lowest BCUT2D eigenvalue weighted by Crippen LogP contribution is -2.64. The Morgan fingerprint density at radius 1 is 0.561 bits per heavy atom. The number of carbonyl (C=O) groups excluding carboxylic acids is 2. The Morgan fingerprint density at radius 2 is 1.08 bits per heavy atom. The largest absolute Gasteiger partial charge is 0.472 e. The van der Waals surface area contributed by atoms with E-state index in [-0.39, 0.29) is 12.8 Å². The summed E-state index contributed by atoms with van der Waals surface area (Å²) >= 11 is 0. The lowest BCUT2D eigenvalue weighted by Gasteiger charge is -2.41. The normalized spacial score (nSPS) is 22.5. The highest BCUT2D eigenvalue weighted by molar-refractivity contribution is 7.47. The minimum atomic E-state index is -5.16. The Labute approximate surface area is 395 Å². The lowest BCUT2D eigenvalue weighted by molar-refractivity contribution is -0.220. The van der Waals surface area contributed by atoms with E-state index in [1.54, 1.807) is 6.08 Å². The highest BCUT2D eigenvalue weighted by Gasteiger charge is 2.51. The van der Waals surface area contributed by atoms with Crippen molar-refractivity contribution in [3.63, 3.8) is 0 Å². The van der Waals surface area contributed by atoms with Crippen LogP contribution in [-0.4, -0.2) is 110 Å². The first-order valence-electron chi connectivity index (χ1n) is 24.5. The maximum atomic E-state index is 12.8. The quantitative estimate of drug-likeness (QED) is 0.0100. The molecule has 66 heavy (non-hydrogen) atoms. The number of aliphatic hydroxyl groups is 6. The molecule has 0 aromatic carbocycles. The van der Waals surface area contributed by atoms with E-state index in [1.165, 1.54) is 57.8 Å². The Balaban J connectivity index is 2.51. The molecule has 1 aliphatic carbocycles. The molecule has 7 N–H and O–H groups in total. The number of rotatable bonds is 39. The molecule has 378 valence electrons. The van der Waals surface area contributed by atoms with Gasteiger partial charge in [0.25, 0.3) is 0 Å². The van der Waals surface area contributed by atoms with Crippen molar-refractivity contribution in [2.24, 2.45) is 0 Å². The number of ether oxygens (including phenoxy) is 2. The van der Waals surface area contributed by atoms with E-state index >= 15 is 0 Å². The summed E-state index contributed by atoms with van der Waals surface area (Å²) in [5.41, 5.74) is 0. The van der Waals surface area contributed by atoms with Gasteiger partial charge in [0.1, 0.15) is 43.2 Å². The van der Waals surface area contributed by atoms with E-state index < -0.39 is 81.8 Å². The SMILES string of the molecule is CC/C=C\CC(O)/C=C/C=C/C/C=C\C/C=C\C/C=C\CCC(=O)O[C@H](COC(=O)CCCCCCCCC/C=C\CCCCCCCC)COP(=O)(O)OC1[C@H](O)[C@H](O)C(O)[C@H](O)[C@H]1O. The first-order chi connectivity index (χ1) is 31.8. The number of hydrogen-bond acceptors (Lipinski definition) is 13. The molecule has 9 atom stereocenters. The van der Waals surface area contributed by atoms with E-state index in [0.717, 1.165) is 51.4 Å². The average Bonchev–Trinajstić information content (AvgIpc) is 3.29. The summed E-state index contributed by atoms with van der Waals surface area (Å²) in [7, 11) is -5.16. The van der Waals surface area contributed by atoms with Crippen molar-refractivity contribution in [3.05, 3.63) is 85.1 Å². The summed E-state index contributed by atoms with van der Waals surface area (Å²) in [4.78, 5) is 35.7. The first kappa shape index (κ1) is 61.0. The van der Waals surface area contributed by atoms with E-state index in [9.17, 15) is 49.7 Å². The Morgan fingerprint density at radius 3 is 1.67 bits per heavy atom. The van der Waals surface area contributed by atoms with E-state index in [1.807, 2.05) is 54.7 Å². The van der Waals surface area contributed by atoms with Crippen molar-refractivity contribution >= 4 is 19.8 Å². The van der Waals surface area contributed by atoms with Gasteiger partial charge in [0.05, 0.1) is 12.7 Å². The van der Waals surface area contributed by atoms with Crippen LogP contribution in [0.25, 0.3) is 0 Å².